The van der Waals surface area contributed by atoms with Gasteiger partial charge < -0.3 is 9.64 Å². The zero-order valence-electron chi connectivity index (χ0n) is 9.60. The Morgan fingerprint density at radius 3 is 2.82 bits per heavy atom. The standard InChI is InChI=1S/C13H15BrN2O/c1-2-9-17-12-5-7-16(8-6-12)13-4-3-11(14)10-15-13/h1,3-4,10,12H,5-9H2. The van der Waals surface area contributed by atoms with Crippen LogP contribution in [0.5, 0.6) is 0 Å². The summed E-state index contributed by atoms with van der Waals surface area (Å²) in [6, 6.07) is 4.05. The first-order chi connectivity index (χ1) is 8.29. The van der Waals surface area contributed by atoms with E-state index in [1.165, 1.54) is 0 Å². The van der Waals surface area contributed by atoms with Crippen molar-refractivity contribution in [1.29, 1.82) is 0 Å². The molecule has 0 aliphatic carbocycles. The van der Waals surface area contributed by atoms with Crippen LogP contribution >= 0.6 is 15.9 Å². The molecule has 2 heterocycles. The first-order valence-electron chi connectivity index (χ1n) is 5.71. The van der Waals surface area contributed by atoms with E-state index in [0.717, 1.165) is 36.2 Å². The molecule has 0 bridgehead atoms. The van der Waals surface area contributed by atoms with Gasteiger partial charge in [-0.25, -0.2) is 4.98 Å². The molecule has 4 heteroatoms. The highest BCUT2D eigenvalue weighted by Crippen LogP contribution is 2.20. The summed E-state index contributed by atoms with van der Waals surface area (Å²) in [4.78, 5) is 6.67. The van der Waals surface area contributed by atoms with Crippen molar-refractivity contribution in [2.75, 3.05) is 24.6 Å². The number of hydrogen-bond acceptors (Lipinski definition) is 3. The quantitative estimate of drug-likeness (QED) is 0.801. The SMILES string of the molecule is C#CCOC1CCN(c2ccc(Br)cn2)CC1. The van der Waals surface area contributed by atoms with Crippen LogP contribution in [0.15, 0.2) is 22.8 Å². The maximum absolute atomic E-state index is 5.54. The molecule has 2 rings (SSSR count). The summed E-state index contributed by atoms with van der Waals surface area (Å²) in [5.41, 5.74) is 0. The van der Waals surface area contributed by atoms with Gasteiger partial charge in [-0.2, -0.15) is 0 Å². The summed E-state index contributed by atoms with van der Waals surface area (Å²) < 4.78 is 6.55. The van der Waals surface area contributed by atoms with Crippen molar-refractivity contribution >= 4 is 21.7 Å². The van der Waals surface area contributed by atoms with E-state index in [-0.39, 0.29) is 0 Å². The van der Waals surface area contributed by atoms with E-state index in [2.05, 4.69) is 31.7 Å². The lowest BCUT2D eigenvalue weighted by molar-refractivity contribution is 0.0594. The van der Waals surface area contributed by atoms with E-state index >= 15 is 0 Å². The van der Waals surface area contributed by atoms with Crippen LogP contribution in [0.25, 0.3) is 0 Å². The average molecular weight is 295 g/mol. The number of hydrogen-bond donors (Lipinski definition) is 0. The minimum Gasteiger partial charge on any atom is -0.365 e. The van der Waals surface area contributed by atoms with Crippen LogP contribution in [-0.4, -0.2) is 30.8 Å². The molecule has 0 spiro atoms. The molecule has 0 radical (unpaired) electrons. The van der Waals surface area contributed by atoms with Crippen molar-refractivity contribution in [2.24, 2.45) is 0 Å². The minimum atomic E-state index is 0.303. The molecule has 0 unspecified atom stereocenters. The number of ether oxygens (including phenoxy) is 1. The predicted molar refractivity (Wildman–Crippen MR) is 72.0 cm³/mol. The van der Waals surface area contributed by atoms with E-state index in [9.17, 15) is 0 Å². The monoisotopic (exact) mass is 294 g/mol. The summed E-state index contributed by atoms with van der Waals surface area (Å²) in [5.74, 6) is 3.54. The molecule has 1 aliphatic heterocycles. The van der Waals surface area contributed by atoms with Crippen molar-refractivity contribution < 1.29 is 4.74 Å². The molecule has 0 N–H and O–H groups in total. The molecule has 17 heavy (non-hydrogen) atoms. The van der Waals surface area contributed by atoms with Crippen LogP contribution in [-0.2, 0) is 4.74 Å². The summed E-state index contributed by atoms with van der Waals surface area (Å²) in [6.45, 7) is 2.37. The molecule has 1 saturated heterocycles. The molecule has 1 aromatic rings. The fourth-order valence-electron chi connectivity index (χ4n) is 1.97. The van der Waals surface area contributed by atoms with E-state index in [1.54, 1.807) is 0 Å². The third-order valence-corrected chi connectivity index (χ3v) is 3.35. The van der Waals surface area contributed by atoms with E-state index in [0.29, 0.717) is 12.7 Å². The van der Waals surface area contributed by atoms with Crippen LogP contribution in [0.1, 0.15) is 12.8 Å². The van der Waals surface area contributed by atoms with Crippen molar-refractivity contribution in [3.63, 3.8) is 0 Å². The van der Waals surface area contributed by atoms with Crippen molar-refractivity contribution in [2.45, 2.75) is 18.9 Å². The predicted octanol–water partition coefficient (Wildman–Crippen LogP) is 2.46. The highest BCUT2D eigenvalue weighted by Gasteiger charge is 2.20. The topological polar surface area (TPSA) is 25.4 Å². The van der Waals surface area contributed by atoms with Gasteiger partial charge in [0, 0.05) is 23.8 Å². The van der Waals surface area contributed by atoms with Gasteiger partial charge in [-0.1, -0.05) is 5.92 Å². The van der Waals surface area contributed by atoms with E-state index in [1.807, 2.05) is 18.3 Å². The Morgan fingerprint density at radius 2 is 2.24 bits per heavy atom. The molecule has 0 aromatic carbocycles. The Kier molecular flexibility index (Phi) is 4.41. The van der Waals surface area contributed by atoms with Gasteiger partial charge in [0.15, 0.2) is 0 Å². The third-order valence-electron chi connectivity index (χ3n) is 2.88. The first-order valence-corrected chi connectivity index (χ1v) is 6.50. The van der Waals surface area contributed by atoms with E-state index in [4.69, 9.17) is 11.2 Å². The second kappa shape index (κ2) is 6.04. The minimum absolute atomic E-state index is 0.303. The van der Waals surface area contributed by atoms with Crippen molar-refractivity contribution in [1.82, 2.24) is 4.98 Å². The van der Waals surface area contributed by atoms with Crippen LogP contribution in [0.3, 0.4) is 0 Å². The number of pyridine rings is 1. The molecule has 0 amide bonds. The van der Waals surface area contributed by atoms with Crippen LogP contribution < -0.4 is 4.90 Å². The van der Waals surface area contributed by atoms with Gasteiger partial charge >= 0.3 is 0 Å². The molecule has 0 saturated carbocycles. The van der Waals surface area contributed by atoms with Crippen LogP contribution in [0.2, 0.25) is 0 Å². The van der Waals surface area contributed by atoms with Crippen molar-refractivity contribution in [3.05, 3.63) is 22.8 Å². The van der Waals surface area contributed by atoms with Gasteiger partial charge in [-0.05, 0) is 40.9 Å². The lowest BCUT2D eigenvalue weighted by atomic mass is 10.1. The third kappa shape index (κ3) is 3.45. The number of anilines is 1. The Bertz CT molecular complexity index is 391. The van der Waals surface area contributed by atoms with Crippen LogP contribution in [0, 0.1) is 12.3 Å². The molecule has 1 fully saturated rings. The molecule has 90 valence electrons. The Labute approximate surface area is 110 Å². The lowest BCUT2D eigenvalue weighted by Crippen LogP contribution is -2.37. The van der Waals surface area contributed by atoms with Crippen molar-refractivity contribution in [3.8, 4) is 12.3 Å². The van der Waals surface area contributed by atoms with Crippen LogP contribution in [0.4, 0.5) is 5.82 Å². The number of halogens is 1. The van der Waals surface area contributed by atoms with E-state index < -0.39 is 0 Å². The molecule has 3 nitrogen and oxygen atoms in total. The molecular weight excluding hydrogens is 280 g/mol. The highest BCUT2D eigenvalue weighted by molar-refractivity contribution is 9.10. The van der Waals surface area contributed by atoms with Gasteiger partial charge in [0.1, 0.15) is 12.4 Å². The van der Waals surface area contributed by atoms with Gasteiger partial charge in [0.25, 0.3) is 0 Å². The first kappa shape index (κ1) is 12.4. The Morgan fingerprint density at radius 1 is 1.47 bits per heavy atom. The summed E-state index contributed by atoms with van der Waals surface area (Å²) in [6.07, 6.45) is 9.34. The summed E-state index contributed by atoms with van der Waals surface area (Å²) in [5, 5.41) is 0. The summed E-state index contributed by atoms with van der Waals surface area (Å²) >= 11 is 3.39. The smallest absolute Gasteiger partial charge is 0.128 e. The van der Waals surface area contributed by atoms with Gasteiger partial charge in [-0.3, -0.25) is 0 Å². The molecule has 1 aromatic heterocycles. The second-order valence-corrected chi connectivity index (χ2v) is 4.95. The maximum Gasteiger partial charge on any atom is 0.128 e. The fraction of sp³-hybridized carbons (Fsp3) is 0.462. The zero-order chi connectivity index (χ0) is 12.1. The number of aromatic nitrogens is 1. The average Bonchev–Trinajstić information content (AvgIpc) is 2.38. The highest BCUT2D eigenvalue weighted by atomic mass is 79.9. The van der Waals surface area contributed by atoms with Gasteiger partial charge in [-0.15, -0.1) is 6.42 Å². The normalized spacial score (nSPS) is 16.8. The summed E-state index contributed by atoms with van der Waals surface area (Å²) in [7, 11) is 0. The maximum atomic E-state index is 5.54. The molecule has 0 atom stereocenters. The Balaban J connectivity index is 1.87. The number of piperidine rings is 1. The number of terminal acetylenes is 1. The van der Waals surface area contributed by atoms with Gasteiger partial charge in [0.2, 0.25) is 0 Å². The number of rotatable bonds is 3. The van der Waals surface area contributed by atoms with Gasteiger partial charge in [0.05, 0.1) is 6.10 Å². The Hall–Kier alpha value is -1.05. The zero-order valence-corrected chi connectivity index (χ0v) is 11.2. The second-order valence-electron chi connectivity index (χ2n) is 4.04. The molecular formula is C13H15BrN2O. The largest absolute Gasteiger partial charge is 0.365 e. The lowest BCUT2D eigenvalue weighted by Gasteiger charge is -2.32. The molecule has 1 aliphatic rings. The fourth-order valence-corrected chi connectivity index (χ4v) is 2.21. The number of nitrogens with zero attached hydrogens (tertiary/aromatic N) is 2.